The summed E-state index contributed by atoms with van der Waals surface area (Å²) in [7, 11) is 0. The predicted molar refractivity (Wildman–Crippen MR) is 106 cm³/mol. The molecule has 0 bridgehead atoms. The molecule has 1 aromatic carbocycles. The van der Waals surface area contributed by atoms with Crippen molar-refractivity contribution in [2.45, 2.75) is 31.7 Å². The smallest absolute Gasteiger partial charge is 0.324 e. The highest BCUT2D eigenvalue weighted by molar-refractivity contribution is 7.15. The SMILES string of the molecule is O=C(O)CC/C=C\CC1COC(c2ccc([N+](=O)[O-])s2)OC1c1ccccc1O. The lowest BCUT2D eigenvalue weighted by molar-refractivity contribution is -0.380. The Hall–Kier alpha value is -2.75. The third-order valence-electron chi connectivity index (χ3n) is 4.56. The summed E-state index contributed by atoms with van der Waals surface area (Å²) in [6.07, 6.45) is 3.55. The van der Waals surface area contributed by atoms with Gasteiger partial charge in [0.05, 0.1) is 22.5 Å². The van der Waals surface area contributed by atoms with Gasteiger partial charge in [-0.3, -0.25) is 14.9 Å². The minimum absolute atomic E-state index is 0.00907. The number of hydrogen-bond donors (Lipinski definition) is 2. The predicted octanol–water partition coefficient (Wildman–Crippen LogP) is 4.58. The Labute approximate surface area is 171 Å². The Balaban J connectivity index is 1.76. The van der Waals surface area contributed by atoms with Gasteiger partial charge in [0.25, 0.3) is 0 Å². The molecule has 3 unspecified atom stereocenters. The number of carboxylic acid groups (broad SMARTS) is 1. The van der Waals surface area contributed by atoms with E-state index in [4.69, 9.17) is 14.6 Å². The van der Waals surface area contributed by atoms with Crippen molar-refractivity contribution in [3.05, 3.63) is 69.1 Å². The molecule has 8 nitrogen and oxygen atoms in total. The Kier molecular flexibility index (Phi) is 6.97. The van der Waals surface area contributed by atoms with E-state index in [0.29, 0.717) is 29.9 Å². The van der Waals surface area contributed by atoms with Crippen molar-refractivity contribution in [3.63, 3.8) is 0 Å². The Bertz CT molecular complexity index is 894. The highest BCUT2D eigenvalue weighted by Gasteiger charge is 2.35. The van der Waals surface area contributed by atoms with Crippen LogP contribution in [0.3, 0.4) is 0 Å². The van der Waals surface area contributed by atoms with Gasteiger partial charge in [-0.15, -0.1) is 0 Å². The molecule has 29 heavy (non-hydrogen) atoms. The number of nitrogens with zero attached hydrogens (tertiary/aromatic N) is 1. The van der Waals surface area contributed by atoms with Crippen molar-refractivity contribution >= 4 is 22.3 Å². The van der Waals surface area contributed by atoms with Crippen LogP contribution in [-0.4, -0.2) is 27.7 Å². The molecule has 3 atom stereocenters. The van der Waals surface area contributed by atoms with E-state index in [2.05, 4.69) is 0 Å². The molecule has 1 fully saturated rings. The number of carbonyl (C=O) groups is 1. The second kappa shape index (κ2) is 9.64. The molecular formula is C20H21NO7S. The molecule has 0 amide bonds. The highest BCUT2D eigenvalue weighted by atomic mass is 32.1. The van der Waals surface area contributed by atoms with Crippen LogP contribution in [0.4, 0.5) is 5.00 Å². The van der Waals surface area contributed by atoms with Gasteiger partial charge in [0.2, 0.25) is 0 Å². The summed E-state index contributed by atoms with van der Waals surface area (Å²) in [5.41, 5.74) is 0.621. The number of ether oxygens (including phenoxy) is 2. The van der Waals surface area contributed by atoms with Gasteiger partial charge in [-0.05, 0) is 25.0 Å². The Morgan fingerprint density at radius 1 is 1.28 bits per heavy atom. The van der Waals surface area contributed by atoms with E-state index in [9.17, 15) is 20.0 Å². The molecule has 1 saturated heterocycles. The quantitative estimate of drug-likeness (QED) is 0.365. The van der Waals surface area contributed by atoms with Crippen LogP contribution < -0.4 is 0 Å². The number of hydrogen-bond acceptors (Lipinski definition) is 7. The largest absolute Gasteiger partial charge is 0.508 e. The number of carboxylic acids is 1. The standard InChI is InChI=1S/C20H21NO7S/c22-15-8-5-4-7-14(15)19-13(6-2-1-3-9-18(23)24)12-27-20(28-19)16-10-11-17(29-16)21(25)26/h1-2,4-5,7-8,10-11,13,19-20,22H,3,6,9,12H2,(H,23,24)/b2-1-. The highest BCUT2D eigenvalue weighted by Crippen LogP contribution is 2.44. The average Bonchev–Trinajstić information content (AvgIpc) is 3.19. The molecule has 9 heteroatoms. The lowest BCUT2D eigenvalue weighted by Crippen LogP contribution is -2.30. The van der Waals surface area contributed by atoms with Crippen molar-refractivity contribution in [2.24, 2.45) is 5.92 Å². The van der Waals surface area contributed by atoms with Crippen LogP contribution in [0.25, 0.3) is 0 Å². The van der Waals surface area contributed by atoms with Crippen molar-refractivity contribution in [3.8, 4) is 5.75 Å². The number of allylic oxidation sites excluding steroid dienone is 2. The number of para-hydroxylation sites is 1. The Morgan fingerprint density at radius 3 is 2.76 bits per heavy atom. The van der Waals surface area contributed by atoms with E-state index in [1.807, 2.05) is 12.2 Å². The zero-order valence-electron chi connectivity index (χ0n) is 15.5. The number of thiophene rings is 1. The molecule has 0 aliphatic carbocycles. The first kappa shape index (κ1) is 21.0. The molecular weight excluding hydrogens is 398 g/mol. The zero-order chi connectivity index (χ0) is 20.8. The van der Waals surface area contributed by atoms with Crippen LogP contribution in [-0.2, 0) is 14.3 Å². The molecule has 1 aliphatic rings. The van der Waals surface area contributed by atoms with Crippen molar-refractivity contribution in [2.75, 3.05) is 6.61 Å². The van der Waals surface area contributed by atoms with Gasteiger partial charge in [0, 0.05) is 24.0 Å². The van der Waals surface area contributed by atoms with Crippen LogP contribution in [0.2, 0.25) is 0 Å². The van der Waals surface area contributed by atoms with E-state index in [0.717, 1.165) is 11.3 Å². The van der Waals surface area contributed by atoms with E-state index < -0.39 is 23.3 Å². The fourth-order valence-electron chi connectivity index (χ4n) is 3.14. The van der Waals surface area contributed by atoms with Crippen LogP contribution in [0, 0.1) is 16.0 Å². The molecule has 0 radical (unpaired) electrons. The summed E-state index contributed by atoms with van der Waals surface area (Å²) >= 11 is 0.996. The first-order chi connectivity index (χ1) is 14.0. The maximum Gasteiger partial charge on any atom is 0.324 e. The zero-order valence-corrected chi connectivity index (χ0v) is 16.3. The Morgan fingerprint density at radius 2 is 2.07 bits per heavy atom. The maximum absolute atomic E-state index is 11.0. The van der Waals surface area contributed by atoms with Gasteiger partial charge in [-0.1, -0.05) is 41.7 Å². The third kappa shape index (κ3) is 5.41. The molecule has 2 N–H and O–H groups in total. The second-order valence-corrected chi connectivity index (χ2v) is 7.71. The summed E-state index contributed by atoms with van der Waals surface area (Å²) in [4.78, 5) is 21.7. The van der Waals surface area contributed by atoms with E-state index in [-0.39, 0.29) is 23.1 Å². The van der Waals surface area contributed by atoms with E-state index >= 15 is 0 Å². The van der Waals surface area contributed by atoms with Crippen molar-refractivity contribution in [1.29, 1.82) is 0 Å². The van der Waals surface area contributed by atoms with Crippen LogP contribution in [0.15, 0.2) is 48.6 Å². The van der Waals surface area contributed by atoms with Gasteiger partial charge >= 0.3 is 11.0 Å². The minimum Gasteiger partial charge on any atom is -0.508 e. The molecule has 1 aliphatic heterocycles. The normalized spacial score (nSPS) is 22.0. The maximum atomic E-state index is 11.0. The number of aliphatic carboxylic acids is 1. The first-order valence-electron chi connectivity index (χ1n) is 9.11. The van der Waals surface area contributed by atoms with Gasteiger partial charge in [0.1, 0.15) is 5.75 Å². The van der Waals surface area contributed by atoms with Gasteiger partial charge in [-0.25, -0.2) is 0 Å². The molecule has 1 aromatic heterocycles. The fourth-order valence-corrected chi connectivity index (χ4v) is 3.95. The topological polar surface area (TPSA) is 119 Å². The van der Waals surface area contributed by atoms with Gasteiger partial charge in [-0.2, -0.15) is 0 Å². The molecule has 3 rings (SSSR count). The third-order valence-corrected chi connectivity index (χ3v) is 5.62. The lowest BCUT2D eigenvalue weighted by atomic mass is 9.91. The minimum atomic E-state index is -0.848. The summed E-state index contributed by atoms with van der Waals surface area (Å²) in [5, 5.41) is 30.0. The monoisotopic (exact) mass is 419 g/mol. The molecule has 154 valence electrons. The summed E-state index contributed by atoms with van der Waals surface area (Å²) in [6.45, 7) is 0.332. The van der Waals surface area contributed by atoms with Crippen molar-refractivity contribution in [1.82, 2.24) is 0 Å². The van der Waals surface area contributed by atoms with Gasteiger partial charge < -0.3 is 19.7 Å². The number of phenols is 1. The second-order valence-electron chi connectivity index (χ2n) is 6.61. The number of aromatic hydroxyl groups is 1. The first-order valence-corrected chi connectivity index (χ1v) is 9.93. The number of rotatable bonds is 8. The van der Waals surface area contributed by atoms with E-state index in [1.54, 1.807) is 30.3 Å². The number of benzene rings is 1. The van der Waals surface area contributed by atoms with Crippen LogP contribution in [0.1, 0.15) is 42.1 Å². The lowest BCUT2D eigenvalue weighted by Gasteiger charge is -2.36. The van der Waals surface area contributed by atoms with Crippen LogP contribution >= 0.6 is 11.3 Å². The molecule has 2 aromatic rings. The fraction of sp³-hybridized carbons (Fsp3) is 0.350. The van der Waals surface area contributed by atoms with E-state index in [1.165, 1.54) is 6.07 Å². The summed E-state index contributed by atoms with van der Waals surface area (Å²) in [5.74, 6) is -0.843. The summed E-state index contributed by atoms with van der Waals surface area (Å²) < 4.78 is 11.9. The number of nitro groups is 1. The molecule has 0 saturated carbocycles. The van der Waals surface area contributed by atoms with Crippen LogP contribution in [0.5, 0.6) is 5.75 Å². The molecule has 0 spiro atoms. The average molecular weight is 419 g/mol. The van der Waals surface area contributed by atoms with Gasteiger partial charge in [0.15, 0.2) is 6.29 Å². The molecule has 2 heterocycles. The summed E-state index contributed by atoms with van der Waals surface area (Å²) in [6, 6.07) is 9.91. The van der Waals surface area contributed by atoms with Crippen molar-refractivity contribution < 1.29 is 29.4 Å². The number of phenolic OH excluding ortho intramolecular Hbond substituents is 1.